The molecule has 2 rings (SSSR count). The van der Waals surface area contributed by atoms with Gasteiger partial charge < -0.3 is 4.74 Å². The van der Waals surface area contributed by atoms with Crippen LogP contribution >= 0.6 is 27.5 Å². The highest BCUT2D eigenvalue weighted by molar-refractivity contribution is 9.10. The Hall–Kier alpha value is -0.140. The number of ether oxygens (including phenoxy) is 1. The molecule has 1 aliphatic heterocycles. The van der Waals surface area contributed by atoms with Gasteiger partial charge in [0.2, 0.25) is 10.0 Å². The SMILES string of the molecule is O=S(=O)(NCC1CCCCO1)c1ccc(Cl)c(Br)c1. The Bertz CT molecular complexity index is 544. The molecule has 0 amide bonds. The van der Waals surface area contributed by atoms with Gasteiger partial charge in [-0.3, -0.25) is 0 Å². The van der Waals surface area contributed by atoms with Gasteiger partial charge in [-0.1, -0.05) is 11.6 Å². The van der Waals surface area contributed by atoms with Crippen LogP contribution in [-0.2, 0) is 14.8 Å². The van der Waals surface area contributed by atoms with Crippen LogP contribution < -0.4 is 4.72 Å². The average Bonchev–Trinajstić information content (AvgIpc) is 2.41. The molecule has 1 aliphatic rings. The van der Waals surface area contributed by atoms with Crippen LogP contribution in [0.5, 0.6) is 0 Å². The molecule has 0 bridgehead atoms. The molecule has 7 heteroatoms. The second kappa shape index (κ2) is 6.54. The van der Waals surface area contributed by atoms with E-state index in [1.807, 2.05) is 0 Å². The summed E-state index contributed by atoms with van der Waals surface area (Å²) in [6.45, 7) is 1.02. The molecule has 0 aromatic heterocycles. The predicted octanol–water partition coefficient (Wildman–Crippen LogP) is 2.95. The average molecular weight is 369 g/mol. The van der Waals surface area contributed by atoms with Crippen molar-refractivity contribution in [2.45, 2.75) is 30.3 Å². The van der Waals surface area contributed by atoms with Crippen LogP contribution in [0.2, 0.25) is 5.02 Å². The molecular weight excluding hydrogens is 354 g/mol. The number of rotatable bonds is 4. The Balaban J connectivity index is 2.02. The summed E-state index contributed by atoms with van der Waals surface area (Å²) in [6.07, 6.45) is 3.00. The maximum absolute atomic E-state index is 12.1. The van der Waals surface area contributed by atoms with E-state index in [1.165, 1.54) is 12.1 Å². The van der Waals surface area contributed by atoms with Gasteiger partial charge in [0.15, 0.2) is 0 Å². The Kier molecular flexibility index (Phi) is 5.25. The van der Waals surface area contributed by atoms with Crippen LogP contribution in [0.4, 0.5) is 0 Å². The van der Waals surface area contributed by atoms with E-state index in [1.54, 1.807) is 6.07 Å². The lowest BCUT2D eigenvalue weighted by atomic mass is 10.1. The quantitative estimate of drug-likeness (QED) is 0.889. The lowest BCUT2D eigenvalue weighted by Crippen LogP contribution is -2.35. The van der Waals surface area contributed by atoms with E-state index in [4.69, 9.17) is 16.3 Å². The first kappa shape index (κ1) is 15.3. The molecule has 0 radical (unpaired) electrons. The van der Waals surface area contributed by atoms with Gasteiger partial charge in [0, 0.05) is 17.6 Å². The van der Waals surface area contributed by atoms with Crippen molar-refractivity contribution in [2.75, 3.05) is 13.2 Å². The van der Waals surface area contributed by atoms with Gasteiger partial charge in [-0.15, -0.1) is 0 Å². The Morgan fingerprint density at radius 3 is 2.84 bits per heavy atom. The molecule has 1 N–H and O–H groups in total. The maximum Gasteiger partial charge on any atom is 0.240 e. The van der Waals surface area contributed by atoms with Crippen molar-refractivity contribution in [3.8, 4) is 0 Å². The fraction of sp³-hybridized carbons (Fsp3) is 0.500. The molecule has 4 nitrogen and oxygen atoms in total. The van der Waals surface area contributed by atoms with Crippen molar-refractivity contribution in [1.29, 1.82) is 0 Å². The number of nitrogens with one attached hydrogen (secondary N) is 1. The third-order valence-corrected chi connectivity index (χ3v) is 5.61. The largest absolute Gasteiger partial charge is 0.377 e. The lowest BCUT2D eigenvalue weighted by Gasteiger charge is -2.22. The van der Waals surface area contributed by atoms with Crippen LogP contribution in [0.25, 0.3) is 0 Å². The maximum atomic E-state index is 12.1. The topological polar surface area (TPSA) is 55.4 Å². The van der Waals surface area contributed by atoms with Gasteiger partial charge in [-0.2, -0.15) is 0 Å². The molecule has 0 aliphatic carbocycles. The summed E-state index contributed by atoms with van der Waals surface area (Å²) in [7, 11) is -3.52. The smallest absolute Gasteiger partial charge is 0.240 e. The zero-order valence-electron chi connectivity index (χ0n) is 10.2. The van der Waals surface area contributed by atoms with Crippen molar-refractivity contribution in [2.24, 2.45) is 0 Å². The summed E-state index contributed by atoms with van der Waals surface area (Å²) in [4.78, 5) is 0.194. The highest BCUT2D eigenvalue weighted by atomic mass is 79.9. The summed E-state index contributed by atoms with van der Waals surface area (Å²) in [5, 5.41) is 0.481. The highest BCUT2D eigenvalue weighted by Crippen LogP contribution is 2.25. The number of hydrogen-bond acceptors (Lipinski definition) is 3. The molecule has 1 saturated heterocycles. The summed E-state index contributed by atoms with van der Waals surface area (Å²) in [5.74, 6) is 0. The molecule has 106 valence electrons. The minimum Gasteiger partial charge on any atom is -0.377 e. The fourth-order valence-corrected chi connectivity index (χ4v) is 3.64. The van der Waals surface area contributed by atoms with E-state index >= 15 is 0 Å². The van der Waals surface area contributed by atoms with Crippen molar-refractivity contribution in [3.63, 3.8) is 0 Å². The van der Waals surface area contributed by atoms with Crippen LogP contribution in [0, 0.1) is 0 Å². The summed E-state index contributed by atoms with van der Waals surface area (Å²) >= 11 is 9.06. The first-order valence-electron chi connectivity index (χ1n) is 6.05. The zero-order chi connectivity index (χ0) is 13.9. The molecule has 19 heavy (non-hydrogen) atoms. The first-order valence-corrected chi connectivity index (χ1v) is 8.71. The molecule has 1 fully saturated rings. The standard InChI is InChI=1S/C12H15BrClNO3S/c13-11-7-10(4-5-12(11)14)19(16,17)15-8-9-3-1-2-6-18-9/h4-5,7,9,15H,1-3,6,8H2. The van der Waals surface area contributed by atoms with Crippen LogP contribution in [0.15, 0.2) is 27.6 Å². The van der Waals surface area contributed by atoms with E-state index in [0.717, 1.165) is 19.3 Å². The van der Waals surface area contributed by atoms with Crippen molar-refractivity contribution in [1.82, 2.24) is 4.72 Å². The Labute approximate surface area is 126 Å². The zero-order valence-corrected chi connectivity index (χ0v) is 13.4. The van der Waals surface area contributed by atoms with E-state index in [9.17, 15) is 8.42 Å². The van der Waals surface area contributed by atoms with E-state index in [0.29, 0.717) is 22.6 Å². The van der Waals surface area contributed by atoms with Crippen molar-refractivity contribution >= 4 is 37.6 Å². The fourth-order valence-electron chi connectivity index (χ4n) is 1.90. The van der Waals surface area contributed by atoms with E-state index in [2.05, 4.69) is 20.7 Å². The van der Waals surface area contributed by atoms with Gasteiger partial charge in [0.05, 0.1) is 16.0 Å². The van der Waals surface area contributed by atoms with E-state index in [-0.39, 0.29) is 11.0 Å². The molecule has 0 spiro atoms. The number of sulfonamides is 1. The van der Waals surface area contributed by atoms with Gasteiger partial charge >= 0.3 is 0 Å². The lowest BCUT2D eigenvalue weighted by molar-refractivity contribution is 0.0200. The highest BCUT2D eigenvalue weighted by Gasteiger charge is 2.19. The number of halogens is 2. The van der Waals surface area contributed by atoms with E-state index < -0.39 is 10.0 Å². The number of hydrogen-bond donors (Lipinski definition) is 1. The summed E-state index contributed by atoms with van der Waals surface area (Å²) in [6, 6.07) is 4.53. The first-order chi connectivity index (χ1) is 8.99. The third-order valence-electron chi connectivity index (χ3n) is 2.98. The number of benzene rings is 1. The Morgan fingerprint density at radius 1 is 1.42 bits per heavy atom. The van der Waals surface area contributed by atoms with Gasteiger partial charge in [0.1, 0.15) is 0 Å². The molecule has 1 atom stereocenters. The molecular formula is C12H15BrClNO3S. The molecule has 1 heterocycles. The normalized spacial score (nSPS) is 20.4. The van der Waals surface area contributed by atoms with Crippen LogP contribution in [0.3, 0.4) is 0 Å². The monoisotopic (exact) mass is 367 g/mol. The Morgan fingerprint density at radius 2 is 2.21 bits per heavy atom. The summed E-state index contributed by atoms with van der Waals surface area (Å²) < 4.78 is 32.8. The predicted molar refractivity (Wildman–Crippen MR) is 77.9 cm³/mol. The van der Waals surface area contributed by atoms with Crippen molar-refractivity contribution < 1.29 is 13.2 Å². The molecule has 0 saturated carbocycles. The second-order valence-corrected chi connectivity index (χ2v) is 7.44. The van der Waals surface area contributed by atoms with Crippen molar-refractivity contribution in [3.05, 3.63) is 27.7 Å². The molecule has 1 unspecified atom stereocenters. The van der Waals surface area contributed by atoms with Gasteiger partial charge in [-0.25, -0.2) is 13.1 Å². The minimum absolute atomic E-state index is 0.0285. The molecule has 1 aromatic rings. The third kappa shape index (κ3) is 4.16. The second-order valence-electron chi connectivity index (χ2n) is 4.42. The van der Waals surface area contributed by atoms with Gasteiger partial charge in [-0.05, 0) is 53.4 Å². The van der Waals surface area contributed by atoms with Crippen LogP contribution in [0.1, 0.15) is 19.3 Å². The van der Waals surface area contributed by atoms with Gasteiger partial charge in [0.25, 0.3) is 0 Å². The van der Waals surface area contributed by atoms with Crippen LogP contribution in [-0.4, -0.2) is 27.7 Å². The minimum atomic E-state index is -3.52. The summed E-state index contributed by atoms with van der Waals surface area (Å²) in [5.41, 5.74) is 0. The molecule has 1 aromatic carbocycles.